The van der Waals surface area contributed by atoms with E-state index in [1.165, 1.54) is 24.3 Å². The largest absolute Gasteiger partial charge is 0.222 e. The lowest BCUT2D eigenvalue weighted by Gasteiger charge is -2.06. The van der Waals surface area contributed by atoms with Crippen molar-refractivity contribution in [1.29, 1.82) is 0 Å². The average Bonchev–Trinajstić information content (AvgIpc) is 2.38. The molecule has 4 nitrogen and oxygen atoms in total. The third-order valence-electron chi connectivity index (χ3n) is 2.95. The molecule has 0 spiro atoms. The molecule has 2 aromatic rings. The van der Waals surface area contributed by atoms with Crippen LogP contribution in [0.3, 0.4) is 0 Å². The van der Waals surface area contributed by atoms with E-state index >= 15 is 0 Å². The monoisotopic (exact) mass is 323 g/mol. The van der Waals surface area contributed by atoms with Crippen LogP contribution in [-0.4, -0.2) is 16.8 Å². The summed E-state index contributed by atoms with van der Waals surface area (Å²) < 4.78 is 48.7. The highest BCUT2D eigenvalue weighted by Crippen LogP contribution is 2.22. The maximum absolute atomic E-state index is 12.2. The zero-order chi connectivity index (χ0) is 15.7. The van der Waals surface area contributed by atoms with Crippen molar-refractivity contribution in [3.05, 3.63) is 64.7 Å². The molecule has 0 saturated carbocycles. The molecule has 2 aromatic carbocycles. The second-order valence-electron chi connectivity index (χ2n) is 4.81. The number of hydrogen-bond acceptors (Lipinski definition) is 4. The number of benzene rings is 2. The molecule has 0 bridgehead atoms. The molecule has 0 N–H and O–H groups in total. The summed E-state index contributed by atoms with van der Waals surface area (Å²) in [6.07, 6.45) is 0. The Bertz CT molecular complexity index is 758. The van der Waals surface area contributed by atoms with E-state index in [0.717, 1.165) is 11.1 Å². The minimum absolute atomic E-state index is 0.0382. The fraction of sp³-hybridized carbons (Fsp3) is 0.133. The molecule has 2 rings (SSSR count). The van der Waals surface area contributed by atoms with Gasteiger partial charge in [-0.2, -0.15) is 0 Å². The summed E-state index contributed by atoms with van der Waals surface area (Å²) in [5.74, 6) is 0. The van der Waals surface area contributed by atoms with Gasteiger partial charge in [-0.3, -0.25) is 0 Å². The SMILES string of the molecule is Cc1ccc(S(=O)(=O)[CH]S(=O)(=O)c2ccc(C)cc2)cc1. The number of hydrogen-bond donors (Lipinski definition) is 0. The number of aryl methyl sites for hydroxylation is 2. The average molecular weight is 323 g/mol. The zero-order valence-corrected chi connectivity index (χ0v) is 13.3. The second-order valence-corrected chi connectivity index (χ2v) is 8.70. The molecule has 6 heteroatoms. The summed E-state index contributed by atoms with van der Waals surface area (Å²) in [5, 5.41) is 0.412. The Hall–Kier alpha value is -1.66. The Morgan fingerprint density at radius 1 is 0.619 bits per heavy atom. The van der Waals surface area contributed by atoms with Gasteiger partial charge in [-0.15, -0.1) is 0 Å². The Kier molecular flexibility index (Phi) is 4.20. The third-order valence-corrected chi connectivity index (χ3v) is 6.84. The predicted octanol–water partition coefficient (Wildman–Crippen LogP) is 2.67. The van der Waals surface area contributed by atoms with Crippen LogP contribution in [0.1, 0.15) is 11.1 Å². The minimum Gasteiger partial charge on any atom is -0.222 e. The van der Waals surface area contributed by atoms with Gasteiger partial charge in [0, 0.05) is 0 Å². The van der Waals surface area contributed by atoms with Crippen molar-refractivity contribution in [3.63, 3.8) is 0 Å². The van der Waals surface area contributed by atoms with Crippen LogP contribution in [0.5, 0.6) is 0 Å². The Labute approximate surface area is 125 Å². The first-order valence-electron chi connectivity index (χ1n) is 6.19. The number of sulfone groups is 2. The van der Waals surface area contributed by atoms with Gasteiger partial charge in [-0.25, -0.2) is 16.8 Å². The maximum Gasteiger partial charge on any atom is 0.203 e. The second kappa shape index (κ2) is 5.61. The molecule has 0 heterocycles. The highest BCUT2D eigenvalue weighted by atomic mass is 32.3. The molecule has 0 aliphatic heterocycles. The van der Waals surface area contributed by atoms with Gasteiger partial charge in [-0.05, 0) is 38.1 Å². The van der Waals surface area contributed by atoms with E-state index < -0.39 is 19.7 Å². The van der Waals surface area contributed by atoms with E-state index in [0.29, 0.717) is 5.08 Å². The molecule has 1 radical (unpaired) electrons. The van der Waals surface area contributed by atoms with Gasteiger partial charge in [0.2, 0.25) is 5.08 Å². The molecule has 0 aliphatic rings. The lowest BCUT2D eigenvalue weighted by molar-refractivity contribution is 0.594. The zero-order valence-electron chi connectivity index (χ0n) is 11.6. The molecule has 0 atom stereocenters. The van der Waals surface area contributed by atoms with Crippen molar-refractivity contribution in [2.45, 2.75) is 23.6 Å². The van der Waals surface area contributed by atoms with Gasteiger partial charge in [0.05, 0.1) is 9.79 Å². The van der Waals surface area contributed by atoms with E-state index in [2.05, 4.69) is 0 Å². The highest BCUT2D eigenvalue weighted by molar-refractivity contribution is 8.11. The topological polar surface area (TPSA) is 68.3 Å². The van der Waals surface area contributed by atoms with Crippen LogP contribution in [0.25, 0.3) is 0 Å². The van der Waals surface area contributed by atoms with Crippen molar-refractivity contribution in [1.82, 2.24) is 0 Å². The lowest BCUT2D eigenvalue weighted by Crippen LogP contribution is -2.11. The summed E-state index contributed by atoms with van der Waals surface area (Å²) in [6, 6.07) is 12.1. The minimum atomic E-state index is -4.01. The van der Waals surface area contributed by atoms with Gasteiger partial charge >= 0.3 is 0 Å². The van der Waals surface area contributed by atoms with E-state index in [1.807, 2.05) is 13.8 Å². The van der Waals surface area contributed by atoms with Crippen molar-refractivity contribution in [2.75, 3.05) is 0 Å². The molecular weight excluding hydrogens is 308 g/mol. The van der Waals surface area contributed by atoms with Crippen molar-refractivity contribution in [3.8, 4) is 0 Å². The molecule has 0 aromatic heterocycles. The van der Waals surface area contributed by atoms with Crippen LogP contribution in [0, 0.1) is 18.9 Å². The quantitative estimate of drug-likeness (QED) is 0.867. The fourth-order valence-electron chi connectivity index (χ4n) is 1.73. The van der Waals surface area contributed by atoms with Gasteiger partial charge < -0.3 is 0 Å². The third kappa shape index (κ3) is 3.71. The Morgan fingerprint density at radius 3 is 1.19 bits per heavy atom. The van der Waals surface area contributed by atoms with E-state index in [1.54, 1.807) is 24.3 Å². The number of rotatable bonds is 4. The fourth-order valence-corrected chi connectivity index (χ4v) is 4.99. The highest BCUT2D eigenvalue weighted by Gasteiger charge is 2.26. The van der Waals surface area contributed by atoms with E-state index in [4.69, 9.17) is 0 Å². The molecule has 0 aliphatic carbocycles. The summed E-state index contributed by atoms with van der Waals surface area (Å²) in [6.45, 7) is 3.65. The summed E-state index contributed by atoms with van der Waals surface area (Å²) in [4.78, 5) is -0.0763. The molecule has 0 amide bonds. The van der Waals surface area contributed by atoms with Gasteiger partial charge in [0.15, 0.2) is 19.7 Å². The molecule has 111 valence electrons. The summed E-state index contributed by atoms with van der Waals surface area (Å²) >= 11 is 0. The van der Waals surface area contributed by atoms with Crippen molar-refractivity contribution in [2.24, 2.45) is 0 Å². The van der Waals surface area contributed by atoms with Gasteiger partial charge in [-0.1, -0.05) is 35.4 Å². The van der Waals surface area contributed by atoms with Crippen LogP contribution in [0.15, 0.2) is 58.3 Å². The van der Waals surface area contributed by atoms with Crippen LogP contribution >= 0.6 is 0 Å². The van der Waals surface area contributed by atoms with Crippen molar-refractivity contribution < 1.29 is 16.8 Å². The summed E-state index contributed by atoms with van der Waals surface area (Å²) in [7, 11) is -8.01. The lowest BCUT2D eigenvalue weighted by atomic mass is 10.2. The predicted molar refractivity (Wildman–Crippen MR) is 81.0 cm³/mol. The molecule has 0 unspecified atom stereocenters. The molecular formula is C15H15O4S2. The van der Waals surface area contributed by atoms with Crippen LogP contribution < -0.4 is 0 Å². The van der Waals surface area contributed by atoms with Crippen LogP contribution in [-0.2, 0) is 19.7 Å². The Morgan fingerprint density at radius 2 is 0.905 bits per heavy atom. The smallest absolute Gasteiger partial charge is 0.203 e. The molecule has 0 fully saturated rings. The van der Waals surface area contributed by atoms with E-state index in [9.17, 15) is 16.8 Å². The van der Waals surface area contributed by atoms with Crippen LogP contribution in [0.4, 0.5) is 0 Å². The first-order chi connectivity index (χ1) is 9.71. The van der Waals surface area contributed by atoms with Gasteiger partial charge in [0.25, 0.3) is 0 Å². The standard InChI is InChI=1S/C15H15O4S2/c1-12-3-7-14(8-4-12)20(16,17)11-21(18,19)15-9-5-13(2)6-10-15/h3-11H,1-2H3. The maximum atomic E-state index is 12.2. The van der Waals surface area contributed by atoms with Gasteiger partial charge in [0.1, 0.15) is 0 Å². The molecule has 21 heavy (non-hydrogen) atoms. The summed E-state index contributed by atoms with van der Waals surface area (Å²) in [5.41, 5.74) is 1.80. The van der Waals surface area contributed by atoms with Crippen molar-refractivity contribution >= 4 is 19.7 Å². The van der Waals surface area contributed by atoms with Crippen LogP contribution in [0.2, 0.25) is 0 Å². The molecule has 0 saturated heterocycles. The first kappa shape index (κ1) is 15.7. The van der Waals surface area contributed by atoms with E-state index in [-0.39, 0.29) is 9.79 Å². The Balaban J connectivity index is 2.35. The normalized spacial score (nSPS) is 12.3. The first-order valence-corrected chi connectivity index (χ1v) is 9.28.